The molecule has 0 aromatic heterocycles. The molecular formula is C17H20. The zero-order valence-corrected chi connectivity index (χ0v) is 10.7. The molecule has 2 aromatic rings. The lowest BCUT2D eigenvalue weighted by Crippen LogP contribution is -2.03. The third-order valence-electron chi connectivity index (χ3n) is 3.13. The fourth-order valence-electron chi connectivity index (χ4n) is 2.22. The van der Waals surface area contributed by atoms with Gasteiger partial charge >= 0.3 is 0 Å². The fraction of sp³-hybridized carbons (Fsp3) is 0.294. The lowest BCUT2D eigenvalue weighted by molar-refractivity contribution is 0.577. The zero-order valence-electron chi connectivity index (χ0n) is 10.7. The summed E-state index contributed by atoms with van der Waals surface area (Å²) in [5.41, 5.74) is 4.22. The third kappa shape index (κ3) is 3.74. The molecule has 1 unspecified atom stereocenters. The zero-order chi connectivity index (χ0) is 12.1. The minimum Gasteiger partial charge on any atom is -0.0622 e. The second-order valence-electron chi connectivity index (χ2n) is 4.98. The summed E-state index contributed by atoms with van der Waals surface area (Å²) >= 11 is 0. The molecule has 0 aliphatic carbocycles. The molecule has 0 N–H and O–H groups in total. The molecule has 17 heavy (non-hydrogen) atoms. The van der Waals surface area contributed by atoms with Gasteiger partial charge in [0.1, 0.15) is 0 Å². The number of hydrogen-bond acceptors (Lipinski definition) is 0. The van der Waals surface area contributed by atoms with E-state index in [9.17, 15) is 0 Å². The van der Waals surface area contributed by atoms with Gasteiger partial charge in [-0.05, 0) is 36.8 Å². The summed E-state index contributed by atoms with van der Waals surface area (Å²) in [4.78, 5) is 0. The summed E-state index contributed by atoms with van der Waals surface area (Å²) in [6.45, 7) is 4.46. The van der Waals surface area contributed by atoms with E-state index in [0.29, 0.717) is 5.92 Å². The number of hydrogen-bond donors (Lipinski definition) is 0. The Morgan fingerprint density at radius 1 is 0.765 bits per heavy atom. The van der Waals surface area contributed by atoms with Crippen molar-refractivity contribution in [3.63, 3.8) is 0 Å². The van der Waals surface area contributed by atoms with Crippen LogP contribution in [-0.2, 0) is 12.8 Å². The summed E-state index contributed by atoms with van der Waals surface area (Å²) in [6.07, 6.45) is 2.32. The van der Waals surface area contributed by atoms with E-state index in [2.05, 4.69) is 68.4 Å². The average Bonchev–Trinajstić information content (AvgIpc) is 2.33. The highest BCUT2D eigenvalue weighted by molar-refractivity contribution is 5.22. The molecule has 1 atom stereocenters. The molecule has 0 aliphatic rings. The summed E-state index contributed by atoms with van der Waals surface area (Å²) in [7, 11) is 0. The van der Waals surface area contributed by atoms with E-state index in [-0.39, 0.29) is 0 Å². The van der Waals surface area contributed by atoms with Crippen molar-refractivity contribution in [2.45, 2.75) is 26.7 Å². The van der Waals surface area contributed by atoms with Gasteiger partial charge in [-0.15, -0.1) is 0 Å². The van der Waals surface area contributed by atoms with Crippen LogP contribution in [0.3, 0.4) is 0 Å². The van der Waals surface area contributed by atoms with Crippen molar-refractivity contribution < 1.29 is 0 Å². The van der Waals surface area contributed by atoms with Crippen LogP contribution in [0.15, 0.2) is 54.6 Å². The number of aryl methyl sites for hydroxylation is 1. The Morgan fingerprint density at radius 2 is 1.29 bits per heavy atom. The Balaban J connectivity index is 1.93. The van der Waals surface area contributed by atoms with E-state index in [1.807, 2.05) is 0 Å². The smallest absolute Gasteiger partial charge is 0.0250 e. The highest BCUT2D eigenvalue weighted by Crippen LogP contribution is 2.14. The Hall–Kier alpha value is -1.56. The first-order chi connectivity index (χ1) is 8.24. The van der Waals surface area contributed by atoms with Gasteiger partial charge in [0, 0.05) is 0 Å². The van der Waals surface area contributed by atoms with Gasteiger partial charge in [-0.2, -0.15) is 0 Å². The Bertz CT molecular complexity index is 439. The Kier molecular flexibility index (Phi) is 3.98. The van der Waals surface area contributed by atoms with E-state index >= 15 is 0 Å². The largest absolute Gasteiger partial charge is 0.0622 e. The minimum absolute atomic E-state index is 0.695. The first-order valence-corrected chi connectivity index (χ1v) is 6.33. The van der Waals surface area contributed by atoms with Crippen molar-refractivity contribution >= 4 is 0 Å². The maximum atomic E-state index is 2.33. The maximum Gasteiger partial charge on any atom is -0.0250 e. The van der Waals surface area contributed by atoms with Crippen molar-refractivity contribution in [2.24, 2.45) is 5.92 Å². The lowest BCUT2D eigenvalue weighted by Gasteiger charge is -2.11. The summed E-state index contributed by atoms with van der Waals surface area (Å²) < 4.78 is 0. The lowest BCUT2D eigenvalue weighted by atomic mass is 9.94. The third-order valence-corrected chi connectivity index (χ3v) is 3.13. The second-order valence-corrected chi connectivity index (χ2v) is 4.98. The van der Waals surface area contributed by atoms with Crippen molar-refractivity contribution in [1.82, 2.24) is 0 Å². The highest BCUT2D eigenvalue weighted by atomic mass is 14.1. The number of rotatable bonds is 4. The standard InChI is InChI=1S/C17H20/c1-14-8-10-17(11-9-14)13-15(2)12-16-6-4-3-5-7-16/h3-11,15H,12-13H2,1-2H3. The topological polar surface area (TPSA) is 0 Å². The molecule has 0 saturated heterocycles. The van der Waals surface area contributed by atoms with Gasteiger partial charge in [0.2, 0.25) is 0 Å². The Labute approximate surface area is 104 Å². The predicted molar refractivity (Wildman–Crippen MR) is 74.2 cm³/mol. The first kappa shape index (κ1) is 11.9. The van der Waals surface area contributed by atoms with E-state index in [4.69, 9.17) is 0 Å². The first-order valence-electron chi connectivity index (χ1n) is 6.33. The van der Waals surface area contributed by atoms with Gasteiger partial charge < -0.3 is 0 Å². The fourth-order valence-corrected chi connectivity index (χ4v) is 2.22. The van der Waals surface area contributed by atoms with Crippen molar-refractivity contribution in [2.75, 3.05) is 0 Å². The molecule has 0 heteroatoms. The van der Waals surface area contributed by atoms with Crippen molar-refractivity contribution in [3.8, 4) is 0 Å². The van der Waals surface area contributed by atoms with Crippen LogP contribution in [0.25, 0.3) is 0 Å². The molecule has 0 saturated carbocycles. The van der Waals surface area contributed by atoms with Crippen LogP contribution in [0.2, 0.25) is 0 Å². The van der Waals surface area contributed by atoms with Crippen LogP contribution in [0, 0.1) is 12.8 Å². The monoisotopic (exact) mass is 224 g/mol. The van der Waals surface area contributed by atoms with Crippen LogP contribution in [0.1, 0.15) is 23.6 Å². The molecule has 0 amide bonds. The molecular weight excluding hydrogens is 204 g/mol. The van der Waals surface area contributed by atoms with E-state index in [0.717, 1.165) is 12.8 Å². The summed E-state index contributed by atoms with van der Waals surface area (Å²) in [5.74, 6) is 0.695. The van der Waals surface area contributed by atoms with Crippen molar-refractivity contribution in [3.05, 3.63) is 71.3 Å². The SMILES string of the molecule is Cc1ccc(CC(C)Cc2ccccc2)cc1. The van der Waals surface area contributed by atoms with Crippen LogP contribution in [0.5, 0.6) is 0 Å². The highest BCUT2D eigenvalue weighted by Gasteiger charge is 2.04. The normalized spacial score (nSPS) is 12.4. The van der Waals surface area contributed by atoms with Crippen LogP contribution >= 0.6 is 0 Å². The molecule has 0 nitrogen and oxygen atoms in total. The van der Waals surface area contributed by atoms with Gasteiger partial charge in [0.15, 0.2) is 0 Å². The molecule has 0 bridgehead atoms. The molecule has 0 aliphatic heterocycles. The number of benzene rings is 2. The van der Waals surface area contributed by atoms with Crippen LogP contribution in [-0.4, -0.2) is 0 Å². The molecule has 2 aromatic carbocycles. The second kappa shape index (κ2) is 5.67. The minimum atomic E-state index is 0.695. The maximum absolute atomic E-state index is 2.33. The molecule has 0 fully saturated rings. The van der Waals surface area contributed by atoms with Gasteiger partial charge in [0.25, 0.3) is 0 Å². The van der Waals surface area contributed by atoms with Crippen LogP contribution < -0.4 is 0 Å². The van der Waals surface area contributed by atoms with Gasteiger partial charge in [-0.1, -0.05) is 67.1 Å². The predicted octanol–water partition coefficient (Wildman–Crippen LogP) is 4.42. The summed E-state index contributed by atoms with van der Waals surface area (Å²) in [5, 5.41) is 0. The molecule has 0 spiro atoms. The van der Waals surface area contributed by atoms with E-state index in [1.165, 1.54) is 16.7 Å². The van der Waals surface area contributed by atoms with E-state index in [1.54, 1.807) is 0 Å². The average molecular weight is 224 g/mol. The Morgan fingerprint density at radius 3 is 1.88 bits per heavy atom. The quantitative estimate of drug-likeness (QED) is 0.721. The molecule has 2 rings (SSSR count). The van der Waals surface area contributed by atoms with E-state index < -0.39 is 0 Å². The molecule has 88 valence electrons. The van der Waals surface area contributed by atoms with Crippen LogP contribution in [0.4, 0.5) is 0 Å². The van der Waals surface area contributed by atoms with Crippen molar-refractivity contribution in [1.29, 1.82) is 0 Å². The molecule has 0 radical (unpaired) electrons. The van der Waals surface area contributed by atoms with Gasteiger partial charge in [-0.3, -0.25) is 0 Å². The molecule has 0 heterocycles. The van der Waals surface area contributed by atoms with Gasteiger partial charge in [-0.25, -0.2) is 0 Å². The summed E-state index contributed by atoms with van der Waals surface area (Å²) in [6, 6.07) is 19.6. The van der Waals surface area contributed by atoms with Gasteiger partial charge in [0.05, 0.1) is 0 Å².